The van der Waals surface area contributed by atoms with Gasteiger partial charge in [0.05, 0.1) is 0 Å². The van der Waals surface area contributed by atoms with E-state index in [1.165, 1.54) is 70.6 Å². The molecule has 0 aromatic heterocycles. The molecule has 0 aliphatic rings. The maximum Gasteiger partial charge on any atom is 0.306 e. The van der Waals surface area contributed by atoms with Gasteiger partial charge in [-0.05, 0) is 109 Å². The maximum absolute atomic E-state index is 12.7. The van der Waals surface area contributed by atoms with Crippen molar-refractivity contribution in [2.24, 2.45) is 0 Å². The van der Waals surface area contributed by atoms with Crippen LogP contribution in [-0.2, 0) is 28.6 Å². The highest BCUT2D eigenvalue weighted by Crippen LogP contribution is 2.14. The third kappa shape index (κ3) is 54.9. The third-order valence-electron chi connectivity index (χ3n) is 11.8. The largest absolute Gasteiger partial charge is 0.462 e. The van der Waals surface area contributed by atoms with E-state index in [1.54, 1.807) is 0 Å². The predicted molar refractivity (Wildman–Crippen MR) is 297 cm³/mol. The van der Waals surface area contributed by atoms with Gasteiger partial charge in [-0.15, -0.1) is 0 Å². The van der Waals surface area contributed by atoms with Gasteiger partial charge in [0.2, 0.25) is 0 Å². The van der Waals surface area contributed by atoms with Crippen molar-refractivity contribution in [3.63, 3.8) is 0 Å². The molecule has 0 heterocycles. The van der Waals surface area contributed by atoms with Crippen molar-refractivity contribution in [2.75, 3.05) is 13.2 Å². The van der Waals surface area contributed by atoms with Crippen LogP contribution in [0, 0.1) is 0 Å². The monoisotopic (exact) mass is 957 g/mol. The van der Waals surface area contributed by atoms with Gasteiger partial charge in [-0.3, -0.25) is 14.4 Å². The molecule has 0 amide bonds. The van der Waals surface area contributed by atoms with Gasteiger partial charge in [0.15, 0.2) is 6.10 Å². The van der Waals surface area contributed by atoms with Crippen LogP contribution in [0.4, 0.5) is 0 Å². The molecule has 0 aromatic carbocycles. The summed E-state index contributed by atoms with van der Waals surface area (Å²) >= 11 is 0. The Hall–Kier alpha value is -3.93. The van der Waals surface area contributed by atoms with Crippen LogP contribution in [0.15, 0.2) is 109 Å². The minimum absolute atomic E-state index is 0.0866. The molecule has 0 bridgehead atoms. The van der Waals surface area contributed by atoms with E-state index in [2.05, 4.69) is 130 Å². The molecule has 392 valence electrons. The summed E-state index contributed by atoms with van der Waals surface area (Å²) in [6.45, 7) is 6.39. The van der Waals surface area contributed by atoms with Crippen LogP contribution in [0.1, 0.15) is 252 Å². The summed E-state index contributed by atoms with van der Waals surface area (Å²) in [7, 11) is 0. The van der Waals surface area contributed by atoms with Gasteiger partial charge in [-0.25, -0.2) is 0 Å². The molecule has 0 radical (unpaired) electrons. The quantitative estimate of drug-likeness (QED) is 0.0262. The number of carbonyl (C=O) groups is 3. The number of rotatable bonds is 50. The number of carbonyl (C=O) groups excluding carboxylic acids is 3. The lowest BCUT2D eigenvalue weighted by Crippen LogP contribution is -2.30. The van der Waals surface area contributed by atoms with Gasteiger partial charge in [0.1, 0.15) is 13.2 Å². The second-order valence-electron chi connectivity index (χ2n) is 18.5. The molecule has 1 atom stereocenters. The standard InChI is InChI=1S/C63H104O6/c1-4-7-10-13-15-17-19-21-23-24-25-26-27-28-29-30-31-32-33-34-35-36-37-38-40-41-43-45-47-50-53-56-62(65)68-59-60(58-67-61(64)55-52-49-12-9-6-3)69-63(66)57-54-51-48-46-44-42-39-22-20-18-16-14-11-8-5-2/h7,10,15-18,21-23,25-26,28-29,31-32,34-35,39,60H,4-6,8-9,11-14,19-20,24,27,30,33,36-38,40-59H2,1-3H3/b10-7-,17-15-,18-16-,23-21-,26-25-,29-28-,32-31-,35-34-,39-22-. The molecular weight excluding hydrogens is 853 g/mol. The molecule has 6 heteroatoms. The van der Waals surface area contributed by atoms with E-state index in [0.29, 0.717) is 19.3 Å². The van der Waals surface area contributed by atoms with E-state index >= 15 is 0 Å². The summed E-state index contributed by atoms with van der Waals surface area (Å²) < 4.78 is 16.7. The van der Waals surface area contributed by atoms with Gasteiger partial charge in [0, 0.05) is 19.3 Å². The Morgan fingerprint density at radius 3 is 0.913 bits per heavy atom. The van der Waals surface area contributed by atoms with E-state index in [9.17, 15) is 14.4 Å². The molecule has 0 rings (SSSR count). The molecule has 6 nitrogen and oxygen atoms in total. The second kappa shape index (κ2) is 56.7. The lowest BCUT2D eigenvalue weighted by atomic mass is 10.1. The molecule has 0 aliphatic heterocycles. The zero-order valence-electron chi connectivity index (χ0n) is 44.8. The molecular formula is C63H104O6. The number of esters is 3. The predicted octanol–water partition coefficient (Wildman–Crippen LogP) is 19.1. The Morgan fingerprint density at radius 2 is 0.565 bits per heavy atom. The molecule has 0 fully saturated rings. The highest BCUT2D eigenvalue weighted by atomic mass is 16.6. The minimum atomic E-state index is -0.784. The highest BCUT2D eigenvalue weighted by Gasteiger charge is 2.19. The van der Waals surface area contributed by atoms with Crippen molar-refractivity contribution < 1.29 is 28.6 Å². The minimum Gasteiger partial charge on any atom is -0.462 e. The summed E-state index contributed by atoms with van der Waals surface area (Å²) in [6.07, 6.45) is 77.0. The summed E-state index contributed by atoms with van der Waals surface area (Å²) in [4.78, 5) is 37.7. The fourth-order valence-corrected chi connectivity index (χ4v) is 7.51. The van der Waals surface area contributed by atoms with E-state index in [-0.39, 0.29) is 31.1 Å². The zero-order valence-corrected chi connectivity index (χ0v) is 44.8. The van der Waals surface area contributed by atoms with Crippen molar-refractivity contribution >= 4 is 17.9 Å². The van der Waals surface area contributed by atoms with Crippen LogP contribution in [0.25, 0.3) is 0 Å². The first-order chi connectivity index (χ1) is 34.0. The first kappa shape index (κ1) is 65.1. The number of unbranched alkanes of at least 4 members (excludes halogenated alkanes) is 21. The second-order valence-corrected chi connectivity index (χ2v) is 18.5. The Balaban J connectivity index is 4.09. The van der Waals surface area contributed by atoms with E-state index in [0.717, 1.165) is 141 Å². The van der Waals surface area contributed by atoms with Crippen LogP contribution < -0.4 is 0 Å². The van der Waals surface area contributed by atoms with Crippen molar-refractivity contribution in [1.82, 2.24) is 0 Å². The normalized spacial score (nSPS) is 12.9. The number of hydrogen-bond acceptors (Lipinski definition) is 6. The Bertz CT molecular complexity index is 1420. The molecule has 0 spiro atoms. The van der Waals surface area contributed by atoms with Crippen LogP contribution in [-0.4, -0.2) is 37.2 Å². The first-order valence-corrected chi connectivity index (χ1v) is 28.4. The van der Waals surface area contributed by atoms with Gasteiger partial charge in [-0.2, -0.15) is 0 Å². The lowest BCUT2D eigenvalue weighted by Gasteiger charge is -2.18. The molecule has 1 unspecified atom stereocenters. The summed E-state index contributed by atoms with van der Waals surface area (Å²) in [5, 5.41) is 0. The summed E-state index contributed by atoms with van der Waals surface area (Å²) in [6, 6.07) is 0. The summed E-state index contributed by atoms with van der Waals surface area (Å²) in [5.41, 5.74) is 0. The van der Waals surface area contributed by atoms with Crippen molar-refractivity contribution in [3.8, 4) is 0 Å². The topological polar surface area (TPSA) is 78.9 Å². The average molecular weight is 958 g/mol. The van der Waals surface area contributed by atoms with E-state index < -0.39 is 6.10 Å². The molecule has 0 aliphatic carbocycles. The fourth-order valence-electron chi connectivity index (χ4n) is 7.51. The van der Waals surface area contributed by atoms with Crippen LogP contribution in [0.5, 0.6) is 0 Å². The first-order valence-electron chi connectivity index (χ1n) is 28.4. The van der Waals surface area contributed by atoms with Gasteiger partial charge in [0.25, 0.3) is 0 Å². The molecule has 69 heavy (non-hydrogen) atoms. The maximum atomic E-state index is 12.7. The lowest BCUT2D eigenvalue weighted by molar-refractivity contribution is -0.167. The van der Waals surface area contributed by atoms with E-state index in [4.69, 9.17) is 14.2 Å². The van der Waals surface area contributed by atoms with E-state index in [1.807, 2.05) is 0 Å². The van der Waals surface area contributed by atoms with Gasteiger partial charge < -0.3 is 14.2 Å². The van der Waals surface area contributed by atoms with Crippen molar-refractivity contribution in [3.05, 3.63) is 109 Å². The molecule has 0 saturated heterocycles. The fraction of sp³-hybridized carbons (Fsp3) is 0.667. The molecule has 0 N–H and O–H groups in total. The zero-order chi connectivity index (χ0) is 50.0. The van der Waals surface area contributed by atoms with Gasteiger partial charge in [-0.1, -0.05) is 233 Å². The van der Waals surface area contributed by atoms with Crippen LogP contribution >= 0.6 is 0 Å². The Kier molecular flexibility index (Phi) is 53.4. The van der Waals surface area contributed by atoms with Crippen molar-refractivity contribution in [1.29, 1.82) is 0 Å². The molecule has 0 aromatic rings. The average Bonchev–Trinajstić information content (AvgIpc) is 3.35. The highest BCUT2D eigenvalue weighted by molar-refractivity contribution is 5.71. The van der Waals surface area contributed by atoms with Crippen molar-refractivity contribution in [2.45, 2.75) is 258 Å². The Labute approximate surface area is 425 Å². The number of hydrogen-bond donors (Lipinski definition) is 0. The smallest absolute Gasteiger partial charge is 0.306 e. The SMILES string of the molecule is CC/C=C\C/C=C\C/C=C\C/C=C\C/C=C\C/C=C\C/C=C\CCCCCCCCCCCC(=O)OCC(COC(=O)CCCCCCC)OC(=O)CCCCCCC/C=C\C/C=C\CCCCC. The summed E-state index contributed by atoms with van der Waals surface area (Å²) in [5.74, 6) is -0.923. The number of ether oxygens (including phenoxy) is 3. The third-order valence-corrected chi connectivity index (χ3v) is 11.8. The number of allylic oxidation sites excluding steroid dienone is 18. The van der Waals surface area contributed by atoms with Crippen LogP contribution in [0.3, 0.4) is 0 Å². The van der Waals surface area contributed by atoms with Gasteiger partial charge >= 0.3 is 17.9 Å². The Morgan fingerprint density at radius 1 is 0.304 bits per heavy atom. The molecule has 0 saturated carbocycles. The van der Waals surface area contributed by atoms with Crippen LogP contribution in [0.2, 0.25) is 0 Å².